The van der Waals surface area contributed by atoms with Gasteiger partial charge in [0.25, 0.3) is 0 Å². The fourth-order valence-corrected chi connectivity index (χ4v) is 1.75. The van der Waals surface area contributed by atoms with Gasteiger partial charge >= 0.3 is 0 Å². The molecule has 0 aromatic carbocycles. The van der Waals surface area contributed by atoms with Gasteiger partial charge in [-0.3, -0.25) is 0 Å². The molecule has 1 aromatic rings. The number of unbranched alkanes of at least 4 members (excludes halogenated alkanes) is 4. The minimum absolute atomic E-state index is 0.172. The molecule has 92 valence electrons. The highest BCUT2D eigenvalue weighted by Crippen LogP contribution is 2.07. The van der Waals surface area contributed by atoms with E-state index in [9.17, 15) is 0 Å². The highest BCUT2D eigenvalue weighted by molar-refractivity contribution is 4.82. The lowest BCUT2D eigenvalue weighted by Gasteiger charge is -2.08. The van der Waals surface area contributed by atoms with Crippen LogP contribution in [0.4, 0.5) is 0 Å². The van der Waals surface area contributed by atoms with E-state index < -0.39 is 0 Å². The topological polar surface area (TPSA) is 69.6 Å². The van der Waals surface area contributed by atoms with Crippen molar-refractivity contribution in [2.45, 2.75) is 57.9 Å². The zero-order valence-electron chi connectivity index (χ0n) is 10.4. The lowest BCUT2D eigenvalue weighted by molar-refractivity contribution is 0.529. The Balaban J connectivity index is 2.09. The molecule has 0 radical (unpaired) electrons. The van der Waals surface area contributed by atoms with Crippen molar-refractivity contribution >= 4 is 0 Å². The van der Waals surface area contributed by atoms with Gasteiger partial charge in [0.05, 0.1) is 7.05 Å². The van der Waals surface area contributed by atoms with Crippen LogP contribution in [0.1, 0.15) is 51.3 Å². The van der Waals surface area contributed by atoms with E-state index in [2.05, 4.69) is 22.3 Å². The van der Waals surface area contributed by atoms with Gasteiger partial charge in [-0.25, -0.2) is 0 Å². The van der Waals surface area contributed by atoms with Crippen molar-refractivity contribution in [3.05, 3.63) is 5.82 Å². The molecular weight excluding hydrogens is 202 g/mol. The van der Waals surface area contributed by atoms with Crippen LogP contribution in [0.2, 0.25) is 0 Å². The Kier molecular flexibility index (Phi) is 6.00. The number of hydrogen-bond acceptors (Lipinski definition) is 4. The number of rotatable bonds is 8. The summed E-state index contributed by atoms with van der Waals surface area (Å²) in [7, 11) is 1.77. The Morgan fingerprint density at radius 3 is 2.62 bits per heavy atom. The molecule has 0 bridgehead atoms. The molecule has 1 heterocycles. The first kappa shape index (κ1) is 13.1. The zero-order chi connectivity index (χ0) is 11.8. The average molecular weight is 225 g/mol. The third kappa shape index (κ3) is 5.21. The monoisotopic (exact) mass is 225 g/mol. The van der Waals surface area contributed by atoms with Gasteiger partial charge in [-0.05, 0) is 11.6 Å². The Hall–Kier alpha value is -0.970. The second-order valence-electron chi connectivity index (χ2n) is 4.36. The molecule has 0 saturated carbocycles. The van der Waals surface area contributed by atoms with E-state index in [-0.39, 0.29) is 6.04 Å². The predicted molar refractivity (Wildman–Crippen MR) is 63.9 cm³/mol. The minimum atomic E-state index is 0.172. The van der Waals surface area contributed by atoms with Crippen LogP contribution in [0.5, 0.6) is 0 Å². The van der Waals surface area contributed by atoms with Crippen molar-refractivity contribution in [3.63, 3.8) is 0 Å². The lowest BCUT2D eigenvalue weighted by atomic mass is 10.0. The fraction of sp³-hybridized carbons (Fsp3) is 0.909. The fourth-order valence-electron chi connectivity index (χ4n) is 1.75. The van der Waals surface area contributed by atoms with Crippen molar-refractivity contribution in [1.82, 2.24) is 20.2 Å². The molecule has 0 fully saturated rings. The highest BCUT2D eigenvalue weighted by atomic mass is 15.6. The standard InChI is InChI=1S/C11H23N5/c1-3-4-5-6-7-8-10(12)9-11-13-15-16(2)14-11/h10H,3-9,12H2,1-2H3. The van der Waals surface area contributed by atoms with Crippen molar-refractivity contribution in [1.29, 1.82) is 0 Å². The SMILES string of the molecule is CCCCCCCC(N)Cc1nnn(C)n1. The molecule has 0 spiro atoms. The number of aryl methyl sites for hydroxylation is 1. The van der Waals surface area contributed by atoms with Gasteiger partial charge in [0.15, 0.2) is 5.82 Å². The second-order valence-corrected chi connectivity index (χ2v) is 4.36. The van der Waals surface area contributed by atoms with Crippen molar-refractivity contribution < 1.29 is 0 Å². The summed E-state index contributed by atoms with van der Waals surface area (Å²) >= 11 is 0. The molecule has 1 unspecified atom stereocenters. The summed E-state index contributed by atoms with van der Waals surface area (Å²) < 4.78 is 0. The molecule has 16 heavy (non-hydrogen) atoms. The molecule has 0 amide bonds. The van der Waals surface area contributed by atoms with Gasteiger partial charge in [0, 0.05) is 12.5 Å². The molecule has 1 aromatic heterocycles. The van der Waals surface area contributed by atoms with Gasteiger partial charge in [-0.2, -0.15) is 4.80 Å². The van der Waals surface area contributed by atoms with Crippen LogP contribution in [-0.2, 0) is 13.5 Å². The highest BCUT2D eigenvalue weighted by Gasteiger charge is 2.07. The molecule has 5 nitrogen and oxygen atoms in total. The Morgan fingerprint density at radius 2 is 2.00 bits per heavy atom. The maximum Gasteiger partial charge on any atom is 0.176 e. The first-order valence-electron chi connectivity index (χ1n) is 6.20. The molecular formula is C11H23N5. The van der Waals surface area contributed by atoms with E-state index in [1.165, 1.54) is 36.9 Å². The van der Waals surface area contributed by atoms with E-state index in [1.54, 1.807) is 7.05 Å². The summed E-state index contributed by atoms with van der Waals surface area (Å²) in [5.74, 6) is 0.753. The van der Waals surface area contributed by atoms with Crippen LogP contribution in [0, 0.1) is 0 Å². The number of tetrazole rings is 1. The van der Waals surface area contributed by atoms with E-state index >= 15 is 0 Å². The van der Waals surface area contributed by atoms with Crippen LogP contribution >= 0.6 is 0 Å². The molecule has 0 aliphatic carbocycles. The van der Waals surface area contributed by atoms with Crippen LogP contribution in [0.3, 0.4) is 0 Å². The molecule has 0 aliphatic rings. The number of nitrogens with zero attached hydrogens (tertiary/aromatic N) is 4. The third-order valence-electron chi connectivity index (χ3n) is 2.67. The second kappa shape index (κ2) is 7.33. The summed E-state index contributed by atoms with van der Waals surface area (Å²) in [5.41, 5.74) is 6.01. The van der Waals surface area contributed by atoms with Gasteiger partial charge in [-0.15, -0.1) is 10.2 Å². The summed E-state index contributed by atoms with van der Waals surface area (Å²) in [5, 5.41) is 11.8. The Morgan fingerprint density at radius 1 is 1.25 bits per heavy atom. The molecule has 1 atom stereocenters. The van der Waals surface area contributed by atoms with Crippen LogP contribution in [0.15, 0.2) is 0 Å². The van der Waals surface area contributed by atoms with Gasteiger partial charge in [-0.1, -0.05) is 39.0 Å². The van der Waals surface area contributed by atoms with Crippen LogP contribution < -0.4 is 5.73 Å². The lowest BCUT2D eigenvalue weighted by Crippen LogP contribution is -2.23. The molecule has 0 saturated heterocycles. The number of nitrogens with two attached hydrogens (primary N) is 1. The van der Waals surface area contributed by atoms with E-state index in [4.69, 9.17) is 5.73 Å². The zero-order valence-corrected chi connectivity index (χ0v) is 10.4. The van der Waals surface area contributed by atoms with E-state index in [0.717, 1.165) is 18.7 Å². The largest absolute Gasteiger partial charge is 0.327 e. The predicted octanol–water partition coefficient (Wildman–Crippen LogP) is 1.44. The Bertz CT molecular complexity index is 284. The Labute approximate surface area is 97.4 Å². The molecule has 2 N–H and O–H groups in total. The average Bonchev–Trinajstić information content (AvgIpc) is 2.63. The normalized spacial score (nSPS) is 12.9. The third-order valence-corrected chi connectivity index (χ3v) is 2.67. The van der Waals surface area contributed by atoms with Gasteiger partial charge in [0.1, 0.15) is 0 Å². The summed E-state index contributed by atoms with van der Waals surface area (Å²) in [6.45, 7) is 2.23. The summed E-state index contributed by atoms with van der Waals surface area (Å²) in [6, 6.07) is 0.172. The maximum atomic E-state index is 6.01. The molecule has 5 heteroatoms. The number of aromatic nitrogens is 4. The van der Waals surface area contributed by atoms with Crippen LogP contribution in [-0.4, -0.2) is 26.2 Å². The number of hydrogen-bond donors (Lipinski definition) is 1. The maximum absolute atomic E-state index is 6.01. The van der Waals surface area contributed by atoms with E-state index in [0.29, 0.717) is 0 Å². The van der Waals surface area contributed by atoms with Crippen LogP contribution in [0.25, 0.3) is 0 Å². The first-order chi connectivity index (χ1) is 7.72. The quantitative estimate of drug-likeness (QED) is 0.680. The molecule has 0 aliphatic heterocycles. The minimum Gasteiger partial charge on any atom is -0.327 e. The smallest absolute Gasteiger partial charge is 0.176 e. The first-order valence-corrected chi connectivity index (χ1v) is 6.20. The van der Waals surface area contributed by atoms with Crippen molar-refractivity contribution in [3.8, 4) is 0 Å². The van der Waals surface area contributed by atoms with Gasteiger partial charge in [0.2, 0.25) is 0 Å². The summed E-state index contributed by atoms with van der Waals surface area (Å²) in [6.07, 6.45) is 8.24. The van der Waals surface area contributed by atoms with Crippen molar-refractivity contribution in [2.24, 2.45) is 12.8 Å². The van der Waals surface area contributed by atoms with Crippen molar-refractivity contribution in [2.75, 3.05) is 0 Å². The molecule has 1 rings (SSSR count). The van der Waals surface area contributed by atoms with E-state index in [1.807, 2.05) is 0 Å². The summed E-state index contributed by atoms with van der Waals surface area (Å²) in [4.78, 5) is 1.48. The van der Waals surface area contributed by atoms with Gasteiger partial charge < -0.3 is 5.73 Å².